The summed E-state index contributed by atoms with van der Waals surface area (Å²) in [5.41, 5.74) is 3.22. The van der Waals surface area contributed by atoms with Crippen LogP contribution in [0.2, 0.25) is 0 Å². The van der Waals surface area contributed by atoms with Crippen molar-refractivity contribution in [3.05, 3.63) is 53.5 Å². The van der Waals surface area contributed by atoms with Crippen molar-refractivity contribution in [1.29, 1.82) is 0 Å². The smallest absolute Gasteiger partial charge is 0.141 e. The van der Waals surface area contributed by atoms with Crippen LogP contribution in [0.25, 0.3) is 10.2 Å². The SMILES string of the molecule is COc1ccccc1NC(C)c1cnc2ccsc2c1. The van der Waals surface area contributed by atoms with Crippen LogP contribution in [-0.2, 0) is 0 Å². The lowest BCUT2D eigenvalue weighted by atomic mass is 10.1. The van der Waals surface area contributed by atoms with Crippen molar-refractivity contribution in [2.75, 3.05) is 12.4 Å². The van der Waals surface area contributed by atoms with Crippen LogP contribution in [-0.4, -0.2) is 12.1 Å². The van der Waals surface area contributed by atoms with Gasteiger partial charge in [-0.2, -0.15) is 0 Å². The van der Waals surface area contributed by atoms with Crippen LogP contribution < -0.4 is 10.1 Å². The summed E-state index contributed by atoms with van der Waals surface area (Å²) in [7, 11) is 1.68. The van der Waals surface area contributed by atoms with Crippen LogP contribution in [0.15, 0.2) is 48.0 Å². The highest BCUT2D eigenvalue weighted by molar-refractivity contribution is 7.17. The van der Waals surface area contributed by atoms with Crippen molar-refractivity contribution >= 4 is 27.2 Å². The molecule has 102 valence electrons. The lowest BCUT2D eigenvalue weighted by Gasteiger charge is -2.17. The van der Waals surface area contributed by atoms with E-state index in [1.807, 2.05) is 36.5 Å². The first kappa shape index (κ1) is 12.9. The number of benzene rings is 1. The number of fused-ring (bicyclic) bond motifs is 1. The molecule has 1 aromatic carbocycles. The van der Waals surface area contributed by atoms with Crippen molar-refractivity contribution in [2.45, 2.75) is 13.0 Å². The van der Waals surface area contributed by atoms with E-state index in [2.05, 4.69) is 28.7 Å². The monoisotopic (exact) mass is 284 g/mol. The van der Waals surface area contributed by atoms with Crippen molar-refractivity contribution in [3.8, 4) is 5.75 Å². The second-order valence-corrected chi connectivity index (χ2v) is 5.59. The molecule has 0 aliphatic carbocycles. The molecule has 2 aromatic heterocycles. The van der Waals surface area contributed by atoms with E-state index in [-0.39, 0.29) is 6.04 Å². The Morgan fingerprint density at radius 1 is 1.25 bits per heavy atom. The molecule has 3 nitrogen and oxygen atoms in total. The third-order valence-corrected chi connectivity index (χ3v) is 4.16. The minimum Gasteiger partial charge on any atom is -0.495 e. The maximum atomic E-state index is 5.36. The highest BCUT2D eigenvalue weighted by Crippen LogP contribution is 2.29. The van der Waals surface area contributed by atoms with E-state index in [1.165, 1.54) is 10.3 Å². The van der Waals surface area contributed by atoms with Crippen molar-refractivity contribution in [3.63, 3.8) is 0 Å². The van der Waals surface area contributed by atoms with E-state index in [1.54, 1.807) is 18.4 Å². The van der Waals surface area contributed by atoms with Crippen LogP contribution in [0.1, 0.15) is 18.5 Å². The van der Waals surface area contributed by atoms with Gasteiger partial charge in [0.1, 0.15) is 5.75 Å². The van der Waals surface area contributed by atoms with Crippen LogP contribution in [0.4, 0.5) is 5.69 Å². The predicted molar refractivity (Wildman–Crippen MR) is 84.7 cm³/mol. The number of pyridine rings is 1. The van der Waals surface area contributed by atoms with Crippen LogP contribution in [0, 0.1) is 0 Å². The van der Waals surface area contributed by atoms with Gasteiger partial charge in [0.25, 0.3) is 0 Å². The van der Waals surface area contributed by atoms with Gasteiger partial charge < -0.3 is 10.1 Å². The second kappa shape index (κ2) is 5.51. The average molecular weight is 284 g/mol. The first-order valence-electron chi connectivity index (χ1n) is 6.50. The van der Waals surface area contributed by atoms with Gasteiger partial charge in [-0.1, -0.05) is 12.1 Å². The molecular formula is C16H16N2OS. The molecule has 4 heteroatoms. The Morgan fingerprint density at radius 3 is 2.95 bits per heavy atom. The standard InChI is InChI=1S/C16H16N2OS/c1-11(18-13-5-3-4-6-15(13)19-2)12-9-16-14(17-10-12)7-8-20-16/h3-11,18H,1-2H3. The summed E-state index contributed by atoms with van der Waals surface area (Å²) in [6.45, 7) is 2.13. The molecular weight excluding hydrogens is 268 g/mol. The second-order valence-electron chi connectivity index (χ2n) is 4.64. The fraction of sp³-hybridized carbons (Fsp3) is 0.188. The Hall–Kier alpha value is -2.07. The van der Waals surface area contributed by atoms with Crippen molar-refractivity contribution in [2.24, 2.45) is 0 Å². The number of thiophene rings is 1. The first-order valence-corrected chi connectivity index (χ1v) is 7.38. The maximum Gasteiger partial charge on any atom is 0.141 e. The predicted octanol–water partition coefficient (Wildman–Crippen LogP) is 4.48. The molecule has 3 rings (SSSR count). The van der Waals surface area contributed by atoms with Gasteiger partial charge in [0.15, 0.2) is 0 Å². The molecule has 3 aromatic rings. The summed E-state index contributed by atoms with van der Waals surface area (Å²) in [6.07, 6.45) is 1.93. The summed E-state index contributed by atoms with van der Waals surface area (Å²) in [5.74, 6) is 0.851. The van der Waals surface area contributed by atoms with Crippen LogP contribution >= 0.6 is 11.3 Å². The molecule has 1 N–H and O–H groups in total. The molecule has 20 heavy (non-hydrogen) atoms. The zero-order valence-corrected chi connectivity index (χ0v) is 12.3. The quantitative estimate of drug-likeness (QED) is 0.767. The molecule has 1 unspecified atom stereocenters. The van der Waals surface area contributed by atoms with Gasteiger partial charge >= 0.3 is 0 Å². The van der Waals surface area contributed by atoms with E-state index < -0.39 is 0 Å². The molecule has 0 aliphatic rings. The van der Waals surface area contributed by atoms with Gasteiger partial charge in [0, 0.05) is 6.20 Å². The van der Waals surface area contributed by atoms with E-state index in [4.69, 9.17) is 4.74 Å². The van der Waals surface area contributed by atoms with Gasteiger partial charge in [-0.25, -0.2) is 0 Å². The van der Waals surface area contributed by atoms with Gasteiger partial charge in [-0.05, 0) is 42.1 Å². The molecule has 0 bridgehead atoms. The van der Waals surface area contributed by atoms with Crippen molar-refractivity contribution in [1.82, 2.24) is 4.98 Å². The normalized spacial score (nSPS) is 12.3. The van der Waals surface area contributed by atoms with E-state index in [0.717, 1.165) is 17.0 Å². The lowest BCUT2D eigenvalue weighted by molar-refractivity contribution is 0.416. The molecule has 0 fully saturated rings. The Bertz CT molecular complexity index is 723. The number of ether oxygens (including phenoxy) is 1. The third kappa shape index (κ3) is 2.47. The van der Waals surface area contributed by atoms with Gasteiger partial charge in [-0.15, -0.1) is 11.3 Å². The van der Waals surface area contributed by atoms with Gasteiger partial charge in [-0.3, -0.25) is 4.98 Å². The van der Waals surface area contributed by atoms with Crippen LogP contribution in [0.5, 0.6) is 5.75 Å². The molecule has 0 spiro atoms. The zero-order valence-electron chi connectivity index (χ0n) is 11.5. The topological polar surface area (TPSA) is 34.1 Å². The van der Waals surface area contributed by atoms with Crippen LogP contribution in [0.3, 0.4) is 0 Å². The van der Waals surface area contributed by atoms with Gasteiger partial charge in [0.2, 0.25) is 0 Å². The molecule has 0 amide bonds. The summed E-state index contributed by atoms with van der Waals surface area (Å²) in [6, 6.07) is 12.3. The van der Waals surface area contributed by atoms with E-state index in [0.29, 0.717) is 0 Å². The third-order valence-electron chi connectivity index (χ3n) is 3.30. The molecule has 0 saturated heterocycles. The van der Waals surface area contributed by atoms with Crippen molar-refractivity contribution < 1.29 is 4.74 Å². The maximum absolute atomic E-state index is 5.36. The number of aromatic nitrogens is 1. The molecule has 0 aliphatic heterocycles. The van der Waals surface area contributed by atoms with Gasteiger partial charge in [0.05, 0.1) is 29.1 Å². The minimum atomic E-state index is 0.172. The number of hydrogen-bond acceptors (Lipinski definition) is 4. The number of hydrogen-bond donors (Lipinski definition) is 1. The Labute approximate surface area is 122 Å². The molecule has 1 atom stereocenters. The summed E-state index contributed by atoms with van der Waals surface area (Å²) in [5, 5.41) is 5.54. The minimum absolute atomic E-state index is 0.172. The number of nitrogens with one attached hydrogen (secondary N) is 1. The Kier molecular flexibility index (Phi) is 3.56. The fourth-order valence-electron chi connectivity index (χ4n) is 2.18. The highest BCUT2D eigenvalue weighted by Gasteiger charge is 2.10. The fourth-order valence-corrected chi connectivity index (χ4v) is 2.97. The summed E-state index contributed by atoms with van der Waals surface area (Å²) < 4.78 is 6.58. The number of nitrogens with zero attached hydrogens (tertiary/aromatic N) is 1. The number of rotatable bonds is 4. The average Bonchev–Trinajstić information content (AvgIpc) is 2.95. The molecule has 2 heterocycles. The first-order chi connectivity index (χ1) is 9.78. The summed E-state index contributed by atoms with van der Waals surface area (Å²) in [4.78, 5) is 4.49. The lowest BCUT2D eigenvalue weighted by Crippen LogP contribution is -2.07. The molecule has 0 radical (unpaired) electrons. The Morgan fingerprint density at radius 2 is 2.10 bits per heavy atom. The number of anilines is 1. The Balaban J connectivity index is 1.86. The molecule has 0 saturated carbocycles. The summed E-state index contributed by atoms with van der Waals surface area (Å²) >= 11 is 1.72. The number of methoxy groups -OCH3 is 1. The van der Waals surface area contributed by atoms with E-state index >= 15 is 0 Å². The number of para-hydroxylation sites is 2. The zero-order chi connectivity index (χ0) is 13.9. The highest BCUT2D eigenvalue weighted by atomic mass is 32.1. The largest absolute Gasteiger partial charge is 0.495 e. The van der Waals surface area contributed by atoms with E-state index in [9.17, 15) is 0 Å².